The van der Waals surface area contributed by atoms with E-state index >= 15 is 0 Å². The third-order valence-electron chi connectivity index (χ3n) is 5.14. The molecule has 1 N–H and O–H groups in total. The fourth-order valence-corrected chi connectivity index (χ4v) is 5.86. The molecule has 0 radical (unpaired) electrons. The Morgan fingerprint density at radius 3 is 1.76 bits per heavy atom. The average Bonchev–Trinajstić information content (AvgIpc) is 2.80. The molecular formula is C20H32N4O13S4. The van der Waals surface area contributed by atoms with Gasteiger partial charge in [-0.05, 0) is 7.05 Å². The van der Waals surface area contributed by atoms with Crippen LogP contribution in [0.3, 0.4) is 0 Å². The smallest absolute Gasteiger partial charge is 0.272 e. The van der Waals surface area contributed by atoms with Crippen molar-refractivity contribution in [3.05, 3.63) is 27.8 Å². The molecule has 41 heavy (non-hydrogen) atoms. The summed E-state index contributed by atoms with van der Waals surface area (Å²) in [6.45, 7) is -0.268. The van der Waals surface area contributed by atoms with Crippen LogP contribution in [-0.4, -0.2) is 131 Å². The highest BCUT2D eigenvalue weighted by molar-refractivity contribution is 7.89. The van der Waals surface area contributed by atoms with Crippen molar-refractivity contribution in [2.24, 2.45) is 0 Å². The van der Waals surface area contributed by atoms with Gasteiger partial charge in [0.05, 0.1) is 48.2 Å². The Morgan fingerprint density at radius 1 is 0.951 bits per heavy atom. The first-order valence-corrected chi connectivity index (χ1v) is 18.3. The van der Waals surface area contributed by atoms with E-state index in [0.717, 1.165) is 24.6 Å². The van der Waals surface area contributed by atoms with Gasteiger partial charge in [0.15, 0.2) is 0 Å². The van der Waals surface area contributed by atoms with Crippen LogP contribution in [0.4, 0.5) is 11.4 Å². The molecule has 21 heteroatoms. The molecule has 0 spiro atoms. The highest BCUT2D eigenvalue weighted by Gasteiger charge is 2.34. The van der Waals surface area contributed by atoms with Gasteiger partial charge in [-0.15, -0.1) is 6.42 Å². The summed E-state index contributed by atoms with van der Waals surface area (Å²) in [5.41, 5.74) is -0.842. The van der Waals surface area contributed by atoms with Crippen molar-refractivity contribution in [2.45, 2.75) is 4.90 Å². The topological polar surface area (TPSA) is 228 Å². The third kappa shape index (κ3) is 13.4. The minimum atomic E-state index is -4.31. The molecule has 1 aromatic carbocycles. The minimum Gasteiger partial charge on any atom is -0.365 e. The Morgan fingerprint density at radius 2 is 1.39 bits per heavy atom. The fourth-order valence-electron chi connectivity index (χ4n) is 3.43. The molecule has 0 atom stereocenters. The number of benzene rings is 1. The van der Waals surface area contributed by atoms with E-state index < -0.39 is 69.1 Å². The van der Waals surface area contributed by atoms with Crippen molar-refractivity contribution in [2.75, 3.05) is 83.2 Å². The predicted molar refractivity (Wildman–Crippen MR) is 149 cm³/mol. The lowest BCUT2D eigenvalue weighted by molar-refractivity contribution is -0.385. The molecule has 1 saturated heterocycles. The number of nitro benzene ring substituents is 1. The molecule has 1 heterocycles. The second kappa shape index (κ2) is 14.7. The van der Waals surface area contributed by atoms with E-state index in [1.54, 1.807) is 0 Å². The summed E-state index contributed by atoms with van der Waals surface area (Å²) in [7, 11) is -13.9. The standard InChI is InChI=1S/C19H28N4O10S3.CH4O3S/c1-5-16-14-17(23(24)25)15-18(36(30,31)22-8-6-20(2)7-9-22)19(16)21(10-12-32-34(3,26)27)11-13-33-35(4,28)29;1-5(2,3)4/h1,14-15H,6-13H2,2-4H3;1H3,(H,2,3,4). The van der Waals surface area contributed by atoms with Crippen LogP contribution in [0.5, 0.6) is 0 Å². The molecule has 0 saturated carbocycles. The number of sulfonamides is 1. The number of nitrogens with zero attached hydrogens (tertiary/aromatic N) is 4. The molecule has 1 aromatic rings. The van der Waals surface area contributed by atoms with Crippen molar-refractivity contribution in [3.8, 4) is 12.3 Å². The van der Waals surface area contributed by atoms with E-state index in [2.05, 4.69) is 5.92 Å². The summed E-state index contributed by atoms with van der Waals surface area (Å²) in [5.74, 6) is 2.25. The molecule has 1 aliphatic heterocycles. The normalized spacial score (nSPS) is 15.4. The number of hydrogen-bond acceptors (Lipinski definition) is 14. The Labute approximate surface area is 240 Å². The molecular weight excluding hydrogens is 633 g/mol. The molecule has 1 aliphatic rings. The maximum absolute atomic E-state index is 13.7. The number of rotatable bonds is 12. The summed E-state index contributed by atoms with van der Waals surface area (Å²) in [6, 6.07) is 1.89. The zero-order valence-corrected chi connectivity index (χ0v) is 25.9. The molecule has 2 rings (SSSR count). The molecule has 0 bridgehead atoms. The van der Waals surface area contributed by atoms with Crippen molar-refractivity contribution in [1.82, 2.24) is 9.21 Å². The van der Waals surface area contributed by atoms with Crippen LogP contribution < -0.4 is 4.90 Å². The van der Waals surface area contributed by atoms with E-state index in [4.69, 9.17) is 19.3 Å². The summed E-state index contributed by atoms with van der Waals surface area (Å²) >= 11 is 0. The van der Waals surface area contributed by atoms with Gasteiger partial charge in [-0.2, -0.15) is 29.6 Å². The first-order chi connectivity index (χ1) is 18.5. The Balaban J connectivity index is 0.00000154. The van der Waals surface area contributed by atoms with Gasteiger partial charge in [0.25, 0.3) is 36.0 Å². The van der Waals surface area contributed by atoms with Crippen molar-refractivity contribution < 1.29 is 51.5 Å². The van der Waals surface area contributed by atoms with Crippen LogP contribution in [0.1, 0.15) is 5.56 Å². The van der Waals surface area contributed by atoms with Gasteiger partial charge in [0.1, 0.15) is 4.90 Å². The van der Waals surface area contributed by atoms with Gasteiger partial charge >= 0.3 is 0 Å². The van der Waals surface area contributed by atoms with Crippen LogP contribution >= 0.6 is 0 Å². The highest BCUT2D eigenvalue weighted by atomic mass is 32.2. The van der Waals surface area contributed by atoms with E-state index in [-0.39, 0.29) is 37.4 Å². The second-order valence-electron chi connectivity index (χ2n) is 8.72. The van der Waals surface area contributed by atoms with Gasteiger partial charge in [-0.3, -0.25) is 23.0 Å². The number of nitro groups is 1. The van der Waals surface area contributed by atoms with Crippen LogP contribution in [-0.2, 0) is 48.7 Å². The Hall–Kier alpha value is -2.42. The maximum Gasteiger partial charge on any atom is 0.272 e. The molecule has 17 nitrogen and oxygen atoms in total. The SMILES string of the molecule is C#Cc1cc([N+](=O)[O-])cc(S(=O)(=O)N2CCN(C)CC2)c1N(CCOS(C)(=O)=O)CCOS(C)(=O)=O.CS(=O)(=O)O. The molecule has 0 aliphatic carbocycles. The molecule has 1 fully saturated rings. The van der Waals surface area contributed by atoms with E-state index in [1.165, 1.54) is 9.21 Å². The lowest BCUT2D eigenvalue weighted by Gasteiger charge is -2.33. The first kappa shape index (κ1) is 36.6. The van der Waals surface area contributed by atoms with Crippen molar-refractivity contribution >= 4 is 51.8 Å². The number of terminal acetylenes is 1. The minimum absolute atomic E-state index is 0.126. The average molecular weight is 665 g/mol. The van der Waals surface area contributed by atoms with Gasteiger partial charge in [0.2, 0.25) is 10.0 Å². The summed E-state index contributed by atoms with van der Waals surface area (Å²) in [5, 5.41) is 11.5. The Bertz CT molecular complexity index is 1510. The highest BCUT2D eigenvalue weighted by Crippen LogP contribution is 2.35. The summed E-state index contributed by atoms with van der Waals surface area (Å²) in [4.78, 5) is 13.5. The monoisotopic (exact) mass is 664 g/mol. The largest absolute Gasteiger partial charge is 0.365 e. The summed E-state index contributed by atoms with van der Waals surface area (Å²) in [6.07, 6.45) is 7.96. The van der Waals surface area contributed by atoms with Gasteiger partial charge < -0.3 is 9.80 Å². The first-order valence-electron chi connectivity index (χ1n) is 11.4. The van der Waals surface area contributed by atoms with Crippen molar-refractivity contribution in [1.29, 1.82) is 0 Å². The van der Waals surface area contributed by atoms with Gasteiger partial charge in [0, 0.05) is 51.4 Å². The van der Waals surface area contributed by atoms with E-state index in [9.17, 15) is 43.8 Å². The molecule has 0 amide bonds. The Kier molecular flexibility index (Phi) is 13.1. The van der Waals surface area contributed by atoms with Crippen LogP contribution in [0.15, 0.2) is 17.0 Å². The molecule has 0 aromatic heterocycles. The number of likely N-dealkylation sites (N-methyl/N-ethyl adjacent to an activating group) is 1. The van der Waals surface area contributed by atoms with Crippen LogP contribution in [0.2, 0.25) is 0 Å². The van der Waals surface area contributed by atoms with Crippen LogP contribution in [0.25, 0.3) is 0 Å². The molecule has 234 valence electrons. The lowest BCUT2D eigenvalue weighted by atomic mass is 10.1. The van der Waals surface area contributed by atoms with E-state index in [0.29, 0.717) is 19.3 Å². The fraction of sp³-hybridized carbons (Fsp3) is 0.600. The third-order valence-corrected chi connectivity index (χ3v) is 8.24. The number of anilines is 1. The van der Waals surface area contributed by atoms with Gasteiger partial charge in [-0.25, -0.2) is 8.42 Å². The predicted octanol–water partition coefficient (Wildman–Crippen LogP) is -1.22. The van der Waals surface area contributed by atoms with E-state index in [1.807, 2.05) is 11.9 Å². The summed E-state index contributed by atoms with van der Waals surface area (Å²) < 4.78 is 110. The maximum atomic E-state index is 13.7. The zero-order valence-electron chi connectivity index (χ0n) is 22.7. The lowest BCUT2D eigenvalue weighted by Crippen LogP contribution is -2.47. The molecule has 0 unspecified atom stereocenters. The number of hydrogen-bond donors (Lipinski definition) is 1. The van der Waals surface area contributed by atoms with Gasteiger partial charge in [-0.1, -0.05) is 5.92 Å². The zero-order chi connectivity index (χ0) is 31.8. The number of non-ortho nitro benzene ring substituents is 1. The quantitative estimate of drug-likeness (QED) is 0.0907. The second-order valence-corrected chi connectivity index (χ2v) is 15.4. The van der Waals surface area contributed by atoms with Crippen molar-refractivity contribution in [3.63, 3.8) is 0 Å². The number of piperazine rings is 1. The van der Waals surface area contributed by atoms with Crippen LogP contribution in [0, 0.1) is 22.5 Å².